The Morgan fingerprint density at radius 3 is 2.02 bits per heavy atom. The van der Waals surface area contributed by atoms with E-state index in [1.165, 1.54) is 0 Å². The average molecular weight is 737 g/mol. The van der Waals surface area contributed by atoms with Crippen molar-refractivity contribution in [2.24, 2.45) is 17.8 Å². The number of hydrogen-bond acceptors (Lipinski definition) is 7. The molecule has 3 unspecified atom stereocenters. The van der Waals surface area contributed by atoms with E-state index < -0.39 is 28.7 Å². The molecular weight excluding hydrogens is 685 g/mol. The van der Waals surface area contributed by atoms with E-state index in [1.54, 1.807) is 38.6 Å². The van der Waals surface area contributed by atoms with Crippen LogP contribution in [0, 0.1) is 17.8 Å². The third kappa shape index (κ3) is 6.65. The van der Waals surface area contributed by atoms with Crippen LogP contribution in [-0.2, 0) is 14.4 Å². The van der Waals surface area contributed by atoms with E-state index in [0.717, 1.165) is 24.3 Å². The first kappa shape index (κ1) is 38.2. The fraction of sp³-hybridized carbons (Fsp3) is 0.419. The summed E-state index contributed by atoms with van der Waals surface area (Å²) in [5.41, 5.74) is 3.17. The van der Waals surface area contributed by atoms with Gasteiger partial charge in [0, 0.05) is 48.5 Å². The number of carbonyl (C=O) groups is 3. The minimum Gasteiger partial charge on any atom is -0.494 e. The highest BCUT2D eigenvalue weighted by Gasteiger charge is 2.77. The van der Waals surface area contributed by atoms with Crippen molar-refractivity contribution >= 4 is 46.5 Å². The van der Waals surface area contributed by atoms with Gasteiger partial charge in [0.1, 0.15) is 11.8 Å². The van der Waals surface area contributed by atoms with Gasteiger partial charge in [-0.15, -0.1) is 24.9 Å². The smallest absolute Gasteiger partial charge is 0.251 e. The fourth-order valence-electron chi connectivity index (χ4n) is 8.94. The molecule has 3 heterocycles. The van der Waals surface area contributed by atoms with Crippen LogP contribution in [0.2, 0.25) is 0 Å². The molecule has 3 fully saturated rings. The van der Waals surface area contributed by atoms with Gasteiger partial charge in [0.25, 0.3) is 5.91 Å². The third-order valence-electron chi connectivity index (χ3n) is 11.3. The molecule has 0 aromatic heterocycles. The number of aliphatic hydroxyl groups is 1. The molecular formula is C43H52N4O5S. The number of rotatable bonds is 16. The van der Waals surface area contributed by atoms with Crippen LogP contribution in [0.15, 0.2) is 104 Å². The zero-order chi connectivity index (χ0) is 37.9. The number of nitrogens with zero attached hydrogens (tertiary/aromatic N) is 4. The molecule has 280 valence electrons. The van der Waals surface area contributed by atoms with Gasteiger partial charge in [-0.2, -0.15) is 0 Å². The molecule has 7 atom stereocenters. The van der Waals surface area contributed by atoms with Crippen LogP contribution >= 0.6 is 11.8 Å². The van der Waals surface area contributed by atoms with Gasteiger partial charge in [0.15, 0.2) is 0 Å². The van der Waals surface area contributed by atoms with E-state index >= 15 is 9.59 Å². The molecule has 3 aliphatic heterocycles. The summed E-state index contributed by atoms with van der Waals surface area (Å²) in [4.78, 5) is 52.9. The van der Waals surface area contributed by atoms with Gasteiger partial charge in [0.2, 0.25) is 11.8 Å². The maximum Gasteiger partial charge on any atom is 0.251 e. The molecule has 53 heavy (non-hydrogen) atoms. The number of ether oxygens (including phenoxy) is 1. The van der Waals surface area contributed by atoms with E-state index in [2.05, 4.69) is 38.8 Å². The predicted octanol–water partition coefficient (Wildman–Crippen LogP) is 6.74. The van der Waals surface area contributed by atoms with Crippen LogP contribution in [0.1, 0.15) is 45.7 Å². The van der Waals surface area contributed by atoms with Gasteiger partial charge < -0.3 is 29.4 Å². The molecule has 0 saturated carbocycles. The van der Waals surface area contributed by atoms with Crippen molar-refractivity contribution in [3.63, 3.8) is 0 Å². The molecule has 3 aliphatic rings. The van der Waals surface area contributed by atoms with E-state index in [0.29, 0.717) is 30.2 Å². The molecule has 1 N–H and O–H groups in total. The first-order valence-corrected chi connectivity index (χ1v) is 19.7. The lowest BCUT2D eigenvalue weighted by atomic mass is 9.65. The topological polar surface area (TPSA) is 93.6 Å². The number of hydrogen-bond donors (Lipinski definition) is 1. The van der Waals surface area contributed by atoms with Gasteiger partial charge in [-0.25, -0.2) is 0 Å². The lowest BCUT2D eigenvalue weighted by molar-refractivity contribution is -0.142. The molecule has 6 rings (SSSR count). The summed E-state index contributed by atoms with van der Waals surface area (Å²) in [6.45, 7) is 18.5. The maximum absolute atomic E-state index is 15.4. The summed E-state index contributed by atoms with van der Waals surface area (Å²) >= 11 is 1.63. The number of thioether (sulfide) groups is 1. The second-order valence-corrected chi connectivity index (χ2v) is 15.5. The van der Waals surface area contributed by atoms with Crippen LogP contribution < -0.4 is 19.4 Å². The Morgan fingerprint density at radius 2 is 1.47 bits per heavy atom. The Morgan fingerprint density at radius 1 is 0.906 bits per heavy atom. The van der Waals surface area contributed by atoms with E-state index in [9.17, 15) is 9.90 Å². The molecule has 0 aliphatic carbocycles. The Balaban J connectivity index is 1.46. The van der Waals surface area contributed by atoms with Crippen LogP contribution in [0.25, 0.3) is 0 Å². The molecule has 3 aromatic rings. The first-order chi connectivity index (χ1) is 25.7. The Bertz CT molecular complexity index is 1780. The SMILES string of the molecule is C=CCN(C(=O)C1N([C@H](CO)c2ccccc2)C(=O)[C@@H]2[C@@H](C(=O)N(CC=C)c3ccc(OCC)cc3)[C@H]3CC(C)C12S3)c1ccc(N(CC)CC)cc1. The van der Waals surface area contributed by atoms with Gasteiger partial charge in [0.05, 0.1) is 35.8 Å². The van der Waals surface area contributed by atoms with E-state index in [4.69, 9.17) is 4.74 Å². The van der Waals surface area contributed by atoms with Crippen molar-refractivity contribution in [1.82, 2.24) is 4.90 Å². The second kappa shape index (κ2) is 16.2. The summed E-state index contributed by atoms with van der Waals surface area (Å²) in [6, 6.07) is 23.0. The summed E-state index contributed by atoms with van der Waals surface area (Å²) in [7, 11) is 0. The Labute approximate surface area is 318 Å². The minimum absolute atomic E-state index is 0.0569. The molecule has 3 aromatic carbocycles. The highest BCUT2D eigenvalue weighted by atomic mass is 32.2. The third-order valence-corrected chi connectivity index (χ3v) is 13.4. The van der Waals surface area contributed by atoms with Crippen LogP contribution in [0.4, 0.5) is 17.1 Å². The molecule has 3 saturated heterocycles. The molecule has 2 bridgehead atoms. The lowest BCUT2D eigenvalue weighted by Crippen LogP contribution is -2.58. The Kier molecular flexibility index (Phi) is 11.7. The number of amides is 3. The largest absolute Gasteiger partial charge is 0.494 e. The molecule has 9 nitrogen and oxygen atoms in total. The number of anilines is 3. The van der Waals surface area contributed by atoms with E-state index in [1.807, 2.05) is 85.8 Å². The highest BCUT2D eigenvalue weighted by Crippen LogP contribution is 2.69. The summed E-state index contributed by atoms with van der Waals surface area (Å²) in [6.07, 6.45) is 4.08. The van der Waals surface area contributed by atoms with Crippen molar-refractivity contribution in [3.05, 3.63) is 110 Å². The maximum atomic E-state index is 15.4. The highest BCUT2D eigenvalue weighted by molar-refractivity contribution is 8.02. The number of carbonyl (C=O) groups excluding carboxylic acids is 3. The molecule has 3 amide bonds. The van der Waals surface area contributed by atoms with Crippen LogP contribution in [-0.4, -0.2) is 83.2 Å². The monoisotopic (exact) mass is 736 g/mol. The molecule has 0 radical (unpaired) electrons. The van der Waals surface area contributed by atoms with Crippen LogP contribution in [0.5, 0.6) is 5.75 Å². The van der Waals surface area contributed by atoms with Crippen molar-refractivity contribution in [3.8, 4) is 5.75 Å². The summed E-state index contributed by atoms with van der Waals surface area (Å²) in [5.74, 6) is -1.48. The predicted molar refractivity (Wildman–Crippen MR) is 214 cm³/mol. The quantitative estimate of drug-likeness (QED) is 0.163. The Hall–Kier alpha value is -4.54. The normalized spacial score (nSPS) is 24.7. The van der Waals surface area contributed by atoms with Crippen LogP contribution in [0.3, 0.4) is 0 Å². The first-order valence-electron chi connectivity index (χ1n) is 18.8. The minimum atomic E-state index is -0.944. The van der Waals surface area contributed by atoms with Crippen molar-refractivity contribution < 1.29 is 24.2 Å². The number of benzene rings is 3. The fourth-order valence-corrected chi connectivity index (χ4v) is 11.3. The number of likely N-dealkylation sites (tertiary alicyclic amines) is 1. The zero-order valence-corrected chi connectivity index (χ0v) is 32.1. The number of fused-ring (bicyclic) bond motifs is 1. The standard InChI is InChI=1S/C43H52N4O5S/c1-7-25-45(33-21-23-34(24-22-33)52-11-5)40(49)37-36-27-29(6)43(53-36)38(37)41(50)47(35(28-48)30-15-13-12-14-16-30)39(43)42(51)46(26-8-2)32-19-17-31(18-20-32)44(9-3)10-4/h7-8,12-24,29,35-39,48H,1-2,9-11,25-28H2,3-6H3/t29?,35-,36-,37+,38+,39?,43?/m1/s1. The summed E-state index contributed by atoms with van der Waals surface area (Å²) in [5, 5.41) is 10.9. The number of aliphatic hydroxyl groups excluding tert-OH is 1. The van der Waals surface area contributed by atoms with Crippen molar-refractivity contribution in [1.29, 1.82) is 0 Å². The van der Waals surface area contributed by atoms with Crippen molar-refractivity contribution in [2.45, 2.75) is 56.2 Å². The second-order valence-electron chi connectivity index (χ2n) is 14.0. The molecule has 1 spiro atoms. The van der Waals surface area contributed by atoms with Crippen molar-refractivity contribution in [2.75, 3.05) is 54.1 Å². The lowest BCUT2D eigenvalue weighted by Gasteiger charge is -2.42. The van der Waals surface area contributed by atoms with Gasteiger partial charge in [-0.3, -0.25) is 14.4 Å². The zero-order valence-electron chi connectivity index (χ0n) is 31.3. The van der Waals surface area contributed by atoms with E-state index in [-0.39, 0.29) is 48.6 Å². The summed E-state index contributed by atoms with van der Waals surface area (Å²) < 4.78 is 4.75. The average Bonchev–Trinajstić information content (AvgIpc) is 3.78. The molecule has 10 heteroatoms. The van der Waals surface area contributed by atoms with Gasteiger partial charge in [-0.05, 0) is 87.2 Å². The van der Waals surface area contributed by atoms with Gasteiger partial charge in [-0.1, -0.05) is 49.4 Å². The van der Waals surface area contributed by atoms with Gasteiger partial charge >= 0.3 is 0 Å².